The first-order chi connectivity index (χ1) is 10.9. The molecular weight excluding hydrogens is 302 g/mol. The molecule has 2 fully saturated rings. The second kappa shape index (κ2) is 5.62. The summed E-state index contributed by atoms with van der Waals surface area (Å²) >= 11 is 0. The van der Waals surface area contributed by atoms with E-state index in [1.807, 2.05) is 0 Å². The van der Waals surface area contributed by atoms with E-state index in [9.17, 15) is 19.5 Å². The van der Waals surface area contributed by atoms with Gasteiger partial charge in [0.05, 0.1) is 17.6 Å². The van der Waals surface area contributed by atoms with Crippen LogP contribution >= 0.6 is 0 Å². The highest BCUT2D eigenvalue weighted by Crippen LogP contribution is 2.42. The van der Waals surface area contributed by atoms with Gasteiger partial charge in [-0.2, -0.15) is 0 Å². The molecule has 122 valence electrons. The number of rotatable bonds is 3. The van der Waals surface area contributed by atoms with Crippen LogP contribution in [-0.2, 0) is 9.53 Å². The number of aliphatic carboxylic acids is 1. The molecule has 2 saturated heterocycles. The largest absolute Gasteiger partial charge is 0.481 e. The summed E-state index contributed by atoms with van der Waals surface area (Å²) in [6.07, 6.45) is 1.64. The number of nitrogens with two attached hydrogens (primary N) is 1. The van der Waals surface area contributed by atoms with E-state index in [2.05, 4.69) is 4.98 Å². The number of carboxylic acid groups (broad SMARTS) is 1. The Bertz CT molecular complexity index is 660. The van der Waals surface area contributed by atoms with Gasteiger partial charge in [-0.25, -0.2) is 0 Å². The van der Waals surface area contributed by atoms with Gasteiger partial charge < -0.3 is 20.5 Å². The number of amides is 2. The number of carbonyl (C=O) groups excluding carboxylic acids is 2. The second-order valence-corrected chi connectivity index (χ2v) is 5.97. The third-order valence-corrected chi connectivity index (χ3v) is 4.69. The first kappa shape index (κ1) is 15.4. The lowest BCUT2D eigenvalue weighted by molar-refractivity contribution is -0.157. The molecule has 2 amide bonds. The fourth-order valence-corrected chi connectivity index (χ4v) is 3.28. The number of carboxylic acids is 1. The van der Waals surface area contributed by atoms with Crippen LogP contribution in [0.2, 0.25) is 0 Å². The fraction of sp³-hybridized carbons (Fsp3) is 0.467. The van der Waals surface area contributed by atoms with Crippen LogP contribution in [0.4, 0.5) is 0 Å². The van der Waals surface area contributed by atoms with Gasteiger partial charge in [-0.15, -0.1) is 0 Å². The number of pyridine rings is 1. The molecule has 3 N–H and O–H groups in total. The first-order valence-corrected chi connectivity index (χ1v) is 7.30. The SMILES string of the molecule is NC(=O)c1ccc(C(=O)N2C[C@H]3COCC[C@@]3(C(=O)O)C2)nc1. The molecule has 1 aromatic heterocycles. The number of primary amides is 1. The molecule has 8 heteroatoms. The Morgan fingerprint density at radius 2 is 2.17 bits per heavy atom. The molecule has 0 aromatic carbocycles. The Labute approximate surface area is 132 Å². The molecule has 2 aliphatic rings. The molecule has 8 nitrogen and oxygen atoms in total. The number of aromatic nitrogens is 1. The van der Waals surface area contributed by atoms with Gasteiger partial charge in [0.2, 0.25) is 5.91 Å². The highest BCUT2D eigenvalue weighted by molar-refractivity contribution is 5.96. The van der Waals surface area contributed by atoms with Crippen LogP contribution in [0, 0.1) is 11.3 Å². The van der Waals surface area contributed by atoms with Crippen molar-refractivity contribution in [1.82, 2.24) is 9.88 Å². The molecule has 3 heterocycles. The number of likely N-dealkylation sites (tertiary alicyclic amines) is 1. The quantitative estimate of drug-likeness (QED) is 0.791. The van der Waals surface area contributed by atoms with E-state index in [-0.39, 0.29) is 29.6 Å². The Kier molecular flexibility index (Phi) is 3.77. The average Bonchev–Trinajstić information content (AvgIpc) is 2.95. The maximum Gasteiger partial charge on any atom is 0.311 e. The van der Waals surface area contributed by atoms with Crippen molar-refractivity contribution in [2.45, 2.75) is 6.42 Å². The van der Waals surface area contributed by atoms with Crippen LogP contribution in [0.5, 0.6) is 0 Å². The molecule has 2 aliphatic heterocycles. The van der Waals surface area contributed by atoms with Crippen molar-refractivity contribution < 1.29 is 24.2 Å². The summed E-state index contributed by atoms with van der Waals surface area (Å²) in [5, 5.41) is 9.61. The molecule has 0 unspecified atom stereocenters. The minimum Gasteiger partial charge on any atom is -0.481 e. The third kappa shape index (κ3) is 2.55. The molecule has 2 atom stereocenters. The Morgan fingerprint density at radius 1 is 1.39 bits per heavy atom. The van der Waals surface area contributed by atoms with E-state index in [4.69, 9.17) is 10.5 Å². The Hall–Kier alpha value is -2.48. The number of carbonyl (C=O) groups is 3. The lowest BCUT2D eigenvalue weighted by atomic mass is 9.74. The summed E-state index contributed by atoms with van der Waals surface area (Å²) < 4.78 is 5.37. The maximum atomic E-state index is 12.5. The van der Waals surface area contributed by atoms with Gasteiger partial charge in [0.25, 0.3) is 5.91 Å². The van der Waals surface area contributed by atoms with Crippen LogP contribution in [0.25, 0.3) is 0 Å². The maximum absolute atomic E-state index is 12.5. The smallest absolute Gasteiger partial charge is 0.311 e. The topological polar surface area (TPSA) is 123 Å². The number of ether oxygens (including phenoxy) is 1. The van der Waals surface area contributed by atoms with Gasteiger partial charge in [0.1, 0.15) is 5.69 Å². The van der Waals surface area contributed by atoms with Crippen LogP contribution < -0.4 is 5.73 Å². The van der Waals surface area contributed by atoms with Crippen molar-refractivity contribution in [3.63, 3.8) is 0 Å². The summed E-state index contributed by atoms with van der Waals surface area (Å²) in [4.78, 5) is 40.8. The molecule has 23 heavy (non-hydrogen) atoms. The average molecular weight is 319 g/mol. The van der Waals surface area contributed by atoms with E-state index in [1.165, 1.54) is 23.2 Å². The fourth-order valence-electron chi connectivity index (χ4n) is 3.28. The predicted octanol–water partition coefficient (Wildman–Crippen LogP) is -0.256. The second-order valence-electron chi connectivity index (χ2n) is 5.97. The lowest BCUT2D eigenvalue weighted by Gasteiger charge is -2.33. The van der Waals surface area contributed by atoms with Gasteiger partial charge in [-0.1, -0.05) is 0 Å². The zero-order valence-electron chi connectivity index (χ0n) is 12.4. The summed E-state index contributed by atoms with van der Waals surface area (Å²) in [6.45, 7) is 1.19. The first-order valence-electron chi connectivity index (χ1n) is 7.30. The van der Waals surface area contributed by atoms with E-state index < -0.39 is 17.3 Å². The number of hydrogen-bond acceptors (Lipinski definition) is 5. The van der Waals surface area contributed by atoms with Gasteiger partial charge in [-0.05, 0) is 18.6 Å². The molecule has 3 rings (SSSR count). The van der Waals surface area contributed by atoms with Gasteiger partial charge in [0, 0.05) is 31.8 Å². The Morgan fingerprint density at radius 3 is 2.74 bits per heavy atom. The van der Waals surface area contributed by atoms with Crippen LogP contribution in [0.3, 0.4) is 0 Å². The molecule has 0 spiro atoms. The van der Waals surface area contributed by atoms with Gasteiger partial charge in [-0.3, -0.25) is 19.4 Å². The normalized spacial score (nSPS) is 26.6. The van der Waals surface area contributed by atoms with E-state index in [1.54, 1.807) is 0 Å². The monoisotopic (exact) mass is 319 g/mol. The standard InChI is InChI=1S/C15H17N3O5/c16-12(19)9-1-2-11(17-5-9)13(20)18-6-10-7-23-4-3-15(10,8-18)14(21)22/h1-2,5,10H,3-4,6-8H2,(H2,16,19)(H,21,22)/t10-,15+/m0/s1. The summed E-state index contributed by atoms with van der Waals surface area (Å²) in [5.41, 5.74) is 4.57. The molecule has 0 saturated carbocycles. The highest BCUT2D eigenvalue weighted by Gasteiger charge is 2.55. The van der Waals surface area contributed by atoms with E-state index in [0.29, 0.717) is 26.2 Å². The summed E-state index contributed by atoms with van der Waals surface area (Å²) in [7, 11) is 0. The minimum absolute atomic E-state index is 0.147. The zero-order chi connectivity index (χ0) is 16.6. The molecule has 1 aromatic rings. The number of nitrogens with zero attached hydrogens (tertiary/aromatic N) is 2. The summed E-state index contributed by atoms with van der Waals surface area (Å²) in [5.74, 6) is -2.08. The Balaban J connectivity index is 1.81. The minimum atomic E-state index is -0.943. The lowest BCUT2D eigenvalue weighted by Crippen LogP contribution is -2.45. The van der Waals surface area contributed by atoms with Gasteiger partial charge in [0.15, 0.2) is 0 Å². The van der Waals surface area contributed by atoms with Crippen molar-refractivity contribution in [2.75, 3.05) is 26.3 Å². The number of fused-ring (bicyclic) bond motifs is 1. The van der Waals surface area contributed by atoms with Gasteiger partial charge >= 0.3 is 5.97 Å². The molecule has 0 aliphatic carbocycles. The van der Waals surface area contributed by atoms with Crippen molar-refractivity contribution in [2.24, 2.45) is 17.1 Å². The van der Waals surface area contributed by atoms with Crippen molar-refractivity contribution in [1.29, 1.82) is 0 Å². The molecule has 0 radical (unpaired) electrons. The number of hydrogen-bond donors (Lipinski definition) is 2. The van der Waals surface area contributed by atoms with Crippen LogP contribution in [0.1, 0.15) is 27.3 Å². The zero-order valence-corrected chi connectivity index (χ0v) is 12.4. The summed E-state index contributed by atoms with van der Waals surface area (Å²) in [6, 6.07) is 2.86. The molecule has 0 bridgehead atoms. The van der Waals surface area contributed by atoms with E-state index >= 15 is 0 Å². The van der Waals surface area contributed by atoms with Crippen LogP contribution in [0.15, 0.2) is 18.3 Å². The van der Waals surface area contributed by atoms with Crippen molar-refractivity contribution in [3.8, 4) is 0 Å². The van der Waals surface area contributed by atoms with Crippen molar-refractivity contribution >= 4 is 17.8 Å². The molecular formula is C15H17N3O5. The third-order valence-electron chi connectivity index (χ3n) is 4.69. The highest BCUT2D eigenvalue weighted by atomic mass is 16.5. The predicted molar refractivity (Wildman–Crippen MR) is 77.7 cm³/mol. The van der Waals surface area contributed by atoms with Crippen molar-refractivity contribution in [3.05, 3.63) is 29.6 Å². The van der Waals surface area contributed by atoms with Crippen LogP contribution in [-0.4, -0.2) is 59.1 Å². The van der Waals surface area contributed by atoms with E-state index in [0.717, 1.165) is 0 Å².